The third-order valence-corrected chi connectivity index (χ3v) is 1.29. The van der Waals surface area contributed by atoms with Gasteiger partial charge < -0.3 is 10.4 Å². The van der Waals surface area contributed by atoms with Crippen molar-refractivity contribution in [2.75, 3.05) is 0 Å². The Balaban J connectivity index is 0. The van der Waals surface area contributed by atoms with Gasteiger partial charge in [-0.15, -0.1) is 0 Å². The monoisotopic (exact) mass is 183 g/mol. The summed E-state index contributed by atoms with van der Waals surface area (Å²) >= 11 is 0. The third-order valence-electron chi connectivity index (χ3n) is 1.29. The van der Waals surface area contributed by atoms with E-state index in [2.05, 4.69) is 5.32 Å². The quantitative estimate of drug-likeness (QED) is 0.584. The van der Waals surface area contributed by atoms with Crippen LogP contribution < -0.4 is 5.32 Å². The Morgan fingerprint density at radius 2 is 1.75 bits per heavy atom. The minimum absolute atomic E-state index is 0. The van der Waals surface area contributed by atoms with E-state index >= 15 is 0 Å². The first-order valence-corrected chi connectivity index (χ1v) is 3.45. The predicted octanol–water partition coefficient (Wildman–Crippen LogP) is -0.417. The fourth-order valence-corrected chi connectivity index (χ4v) is 0.733. The van der Waals surface area contributed by atoms with E-state index in [-0.39, 0.29) is 41.4 Å². The molecule has 0 fully saturated rings. The second kappa shape index (κ2) is 6.46. The van der Waals surface area contributed by atoms with Crippen LogP contribution >= 0.6 is 0 Å². The summed E-state index contributed by atoms with van der Waals surface area (Å²) in [5, 5.41) is 10.9. The zero-order chi connectivity index (χ0) is 9.02. The molecule has 0 rings (SSSR count). The van der Waals surface area contributed by atoms with Gasteiger partial charge >= 0.3 is 35.5 Å². The van der Waals surface area contributed by atoms with E-state index in [1.807, 2.05) is 0 Å². The van der Waals surface area contributed by atoms with Crippen molar-refractivity contribution in [3.63, 3.8) is 0 Å². The summed E-state index contributed by atoms with van der Waals surface area (Å²) < 4.78 is 0. The molecule has 0 heterocycles. The van der Waals surface area contributed by atoms with Gasteiger partial charge in [0.25, 0.3) is 0 Å². The third kappa shape index (κ3) is 5.57. The van der Waals surface area contributed by atoms with E-state index in [1.165, 1.54) is 6.92 Å². The SMILES string of the molecule is CC(=O)NC(C(=O)O)C(C)C.[NaH]. The Kier molecular flexibility index (Phi) is 7.78. The van der Waals surface area contributed by atoms with E-state index in [0.29, 0.717) is 0 Å². The van der Waals surface area contributed by atoms with Gasteiger partial charge in [0.2, 0.25) is 5.91 Å². The van der Waals surface area contributed by atoms with E-state index in [1.54, 1.807) is 13.8 Å². The van der Waals surface area contributed by atoms with Crippen LogP contribution in [-0.2, 0) is 9.59 Å². The average Bonchev–Trinajstić information content (AvgIpc) is 1.81. The number of carbonyl (C=O) groups is 2. The van der Waals surface area contributed by atoms with E-state index in [4.69, 9.17) is 5.11 Å². The normalized spacial score (nSPS) is 11.7. The van der Waals surface area contributed by atoms with Gasteiger partial charge in [0.1, 0.15) is 6.04 Å². The van der Waals surface area contributed by atoms with Gasteiger partial charge in [-0.1, -0.05) is 13.8 Å². The molecule has 1 unspecified atom stereocenters. The van der Waals surface area contributed by atoms with Gasteiger partial charge in [0.05, 0.1) is 0 Å². The van der Waals surface area contributed by atoms with Crippen molar-refractivity contribution >= 4 is 41.4 Å². The summed E-state index contributed by atoms with van der Waals surface area (Å²) in [5.74, 6) is -1.39. The topological polar surface area (TPSA) is 66.4 Å². The summed E-state index contributed by atoms with van der Waals surface area (Å²) in [6, 6.07) is -0.771. The predicted molar refractivity (Wildman–Crippen MR) is 47.2 cm³/mol. The van der Waals surface area contributed by atoms with E-state index in [0.717, 1.165) is 0 Å². The Morgan fingerprint density at radius 3 is 1.83 bits per heavy atom. The molecule has 0 aliphatic rings. The van der Waals surface area contributed by atoms with Crippen LogP contribution in [0.25, 0.3) is 0 Å². The van der Waals surface area contributed by atoms with Crippen molar-refractivity contribution in [1.82, 2.24) is 5.32 Å². The van der Waals surface area contributed by atoms with Crippen molar-refractivity contribution in [3.05, 3.63) is 0 Å². The molecule has 0 aliphatic heterocycles. The molecule has 66 valence electrons. The van der Waals surface area contributed by atoms with Gasteiger partial charge in [-0.05, 0) is 5.92 Å². The standard InChI is InChI=1S/C7H13NO3.Na.H/c1-4(2)6(7(10)11)8-5(3)9;;/h4,6H,1-3H3,(H,8,9)(H,10,11);;. The zero-order valence-electron chi connectivity index (χ0n) is 6.92. The minimum atomic E-state index is -0.991. The Morgan fingerprint density at radius 1 is 1.33 bits per heavy atom. The molecule has 2 N–H and O–H groups in total. The number of carboxylic acids is 1. The molecule has 4 nitrogen and oxygen atoms in total. The van der Waals surface area contributed by atoms with Crippen LogP contribution in [0.4, 0.5) is 0 Å². The molecule has 0 saturated carbocycles. The number of carboxylic acid groups (broad SMARTS) is 1. The van der Waals surface area contributed by atoms with Crippen LogP contribution in [0, 0.1) is 5.92 Å². The maximum absolute atomic E-state index is 10.5. The summed E-state index contributed by atoms with van der Waals surface area (Å²) in [4.78, 5) is 21.0. The summed E-state index contributed by atoms with van der Waals surface area (Å²) in [5.41, 5.74) is 0. The number of hydrogen-bond acceptors (Lipinski definition) is 2. The number of aliphatic carboxylic acids is 1. The molecule has 0 aliphatic carbocycles. The Bertz CT molecular complexity index is 170. The Hall–Kier alpha value is -0.0600. The van der Waals surface area contributed by atoms with Crippen molar-refractivity contribution in [2.45, 2.75) is 26.8 Å². The molecule has 0 aromatic carbocycles. The fourth-order valence-electron chi connectivity index (χ4n) is 0.733. The number of rotatable bonds is 3. The summed E-state index contributed by atoms with van der Waals surface area (Å²) in [7, 11) is 0. The second-order valence-corrected chi connectivity index (χ2v) is 2.76. The van der Waals surface area contributed by atoms with Gasteiger partial charge in [0.15, 0.2) is 0 Å². The first-order chi connectivity index (χ1) is 4.95. The molecule has 5 heteroatoms. The summed E-state index contributed by atoms with van der Waals surface area (Å²) in [6.45, 7) is 4.79. The van der Waals surface area contributed by atoms with Gasteiger partial charge in [0, 0.05) is 6.92 Å². The second-order valence-electron chi connectivity index (χ2n) is 2.76. The molecule has 1 amide bonds. The molecular weight excluding hydrogens is 169 g/mol. The molecule has 0 saturated heterocycles. The molecular formula is C7H14NNaO3. The van der Waals surface area contributed by atoms with Gasteiger partial charge in [-0.3, -0.25) is 4.79 Å². The van der Waals surface area contributed by atoms with Gasteiger partial charge in [-0.2, -0.15) is 0 Å². The van der Waals surface area contributed by atoms with Crippen LogP contribution in [0.3, 0.4) is 0 Å². The molecule has 0 bridgehead atoms. The van der Waals surface area contributed by atoms with Crippen molar-refractivity contribution in [1.29, 1.82) is 0 Å². The van der Waals surface area contributed by atoms with Crippen molar-refractivity contribution in [3.8, 4) is 0 Å². The molecule has 12 heavy (non-hydrogen) atoms. The first-order valence-electron chi connectivity index (χ1n) is 3.45. The molecule has 0 spiro atoms. The summed E-state index contributed by atoms with van der Waals surface area (Å²) in [6.07, 6.45) is 0. The average molecular weight is 183 g/mol. The number of hydrogen-bond donors (Lipinski definition) is 2. The van der Waals surface area contributed by atoms with Crippen molar-refractivity contribution < 1.29 is 14.7 Å². The molecule has 0 aromatic heterocycles. The number of carbonyl (C=O) groups excluding carboxylic acids is 1. The molecule has 0 aromatic rings. The molecule has 1 atom stereocenters. The zero-order valence-corrected chi connectivity index (χ0v) is 6.92. The van der Waals surface area contributed by atoms with Crippen LogP contribution in [0.15, 0.2) is 0 Å². The van der Waals surface area contributed by atoms with Crippen LogP contribution in [0.2, 0.25) is 0 Å². The number of amides is 1. The van der Waals surface area contributed by atoms with E-state index < -0.39 is 12.0 Å². The van der Waals surface area contributed by atoms with Crippen LogP contribution in [0.1, 0.15) is 20.8 Å². The maximum atomic E-state index is 10.5. The molecule has 0 radical (unpaired) electrons. The van der Waals surface area contributed by atoms with Gasteiger partial charge in [-0.25, -0.2) is 4.79 Å². The van der Waals surface area contributed by atoms with Crippen molar-refractivity contribution in [2.24, 2.45) is 5.92 Å². The van der Waals surface area contributed by atoms with Crippen LogP contribution in [-0.4, -0.2) is 52.6 Å². The first kappa shape index (κ1) is 14.5. The van der Waals surface area contributed by atoms with E-state index in [9.17, 15) is 9.59 Å². The Labute approximate surface area is 94.0 Å². The fraction of sp³-hybridized carbons (Fsp3) is 0.714. The number of nitrogens with one attached hydrogen (secondary N) is 1. The van der Waals surface area contributed by atoms with Crippen LogP contribution in [0.5, 0.6) is 0 Å².